The third kappa shape index (κ3) is 15.2. The Hall–Kier alpha value is 0.870. The first-order valence-corrected chi connectivity index (χ1v) is 11.0. The Labute approximate surface area is 172 Å². The van der Waals surface area contributed by atoms with E-state index in [1.54, 1.807) is 0 Å². The van der Waals surface area contributed by atoms with Gasteiger partial charge >= 0.3 is 29.6 Å². The monoisotopic (exact) mass is 372 g/mol. The van der Waals surface area contributed by atoms with Crippen LogP contribution >= 0.6 is 0 Å². The van der Waals surface area contributed by atoms with Crippen LogP contribution in [0.1, 0.15) is 104 Å². The first-order chi connectivity index (χ1) is 10.9. The predicted octanol–water partition coefficient (Wildman–Crippen LogP) is 1.77. The molecular weight excluding hydrogens is 335 g/mol. The van der Waals surface area contributed by atoms with Crippen LogP contribution in [-0.2, 0) is 10.1 Å². The van der Waals surface area contributed by atoms with Gasteiger partial charge in [-0.05, 0) is 12.8 Å². The van der Waals surface area contributed by atoms with E-state index >= 15 is 0 Å². The number of unbranched alkanes of at least 4 members (excludes halogenated alkanes) is 10. The Kier molecular flexibility index (Phi) is 19.5. The number of hydrogen-bond acceptors (Lipinski definition) is 4. The molecule has 6 heteroatoms. The fraction of sp³-hybridized carbons (Fsp3) is 1.00. The van der Waals surface area contributed by atoms with Gasteiger partial charge in [0.15, 0.2) is 0 Å². The molecule has 0 aromatic rings. The van der Waals surface area contributed by atoms with Crippen molar-refractivity contribution in [3.63, 3.8) is 0 Å². The summed E-state index contributed by atoms with van der Waals surface area (Å²) < 4.78 is 33.7. The van der Waals surface area contributed by atoms with Crippen molar-refractivity contribution < 1.29 is 47.6 Å². The minimum atomic E-state index is -4.40. The zero-order valence-corrected chi connectivity index (χ0v) is 19.0. The Bertz CT molecular complexity index is 360. The smallest absolute Gasteiger partial charge is 0.748 e. The summed E-state index contributed by atoms with van der Waals surface area (Å²) in [6.07, 6.45) is 13.4. The summed E-state index contributed by atoms with van der Waals surface area (Å²) in [4.78, 5) is 0. The third-order valence-corrected chi connectivity index (χ3v) is 5.77. The Morgan fingerprint density at radius 1 is 0.750 bits per heavy atom. The summed E-state index contributed by atoms with van der Waals surface area (Å²) in [6.45, 7) is 4.10. The fourth-order valence-corrected chi connectivity index (χ4v) is 4.00. The molecule has 0 heterocycles. The van der Waals surface area contributed by atoms with E-state index in [1.165, 1.54) is 51.4 Å². The molecule has 2 unspecified atom stereocenters. The molecule has 1 N–H and O–H groups in total. The topological polar surface area (TPSA) is 77.4 Å². The summed E-state index contributed by atoms with van der Waals surface area (Å²) in [6, 6.07) is 0. The van der Waals surface area contributed by atoms with Gasteiger partial charge in [0.25, 0.3) is 0 Å². The van der Waals surface area contributed by atoms with Crippen molar-refractivity contribution in [3.05, 3.63) is 0 Å². The molecule has 0 amide bonds. The van der Waals surface area contributed by atoms with Crippen LogP contribution in [0.25, 0.3) is 0 Å². The quantitative estimate of drug-likeness (QED) is 0.254. The molecule has 0 aromatic heterocycles. The van der Waals surface area contributed by atoms with Gasteiger partial charge < -0.3 is 9.66 Å². The molecule has 140 valence electrons. The minimum absolute atomic E-state index is 0. The van der Waals surface area contributed by atoms with E-state index in [9.17, 15) is 18.1 Å². The van der Waals surface area contributed by atoms with Crippen molar-refractivity contribution in [2.45, 2.75) is 115 Å². The number of aliphatic hydroxyl groups is 1. The molecule has 0 bridgehead atoms. The van der Waals surface area contributed by atoms with Crippen LogP contribution in [0.15, 0.2) is 0 Å². The van der Waals surface area contributed by atoms with Gasteiger partial charge in [0.05, 0.1) is 11.4 Å². The molecule has 0 aliphatic heterocycles. The average molecular weight is 373 g/mol. The third-order valence-electron chi connectivity index (χ3n) is 4.48. The maximum absolute atomic E-state index is 11.2. The van der Waals surface area contributed by atoms with Crippen LogP contribution in [0, 0.1) is 0 Å². The maximum Gasteiger partial charge on any atom is 1.00 e. The van der Waals surface area contributed by atoms with Gasteiger partial charge in [-0.1, -0.05) is 90.9 Å². The molecule has 24 heavy (non-hydrogen) atoms. The first kappa shape index (κ1) is 27.1. The molecule has 4 nitrogen and oxygen atoms in total. The van der Waals surface area contributed by atoms with Crippen molar-refractivity contribution in [1.29, 1.82) is 0 Å². The van der Waals surface area contributed by atoms with Crippen LogP contribution in [0.5, 0.6) is 0 Å². The van der Waals surface area contributed by atoms with E-state index in [-0.39, 0.29) is 29.6 Å². The molecule has 0 spiro atoms. The van der Waals surface area contributed by atoms with Crippen LogP contribution < -0.4 is 29.6 Å². The van der Waals surface area contributed by atoms with Crippen molar-refractivity contribution in [2.75, 3.05) is 0 Å². The zero-order valence-electron chi connectivity index (χ0n) is 16.1. The van der Waals surface area contributed by atoms with E-state index in [1.807, 2.05) is 6.92 Å². The molecule has 0 aliphatic rings. The molecule has 0 radical (unpaired) electrons. The molecule has 0 fully saturated rings. The second-order valence-electron chi connectivity index (χ2n) is 6.71. The Morgan fingerprint density at radius 3 is 1.54 bits per heavy atom. The van der Waals surface area contributed by atoms with Crippen molar-refractivity contribution >= 4 is 10.1 Å². The summed E-state index contributed by atoms with van der Waals surface area (Å²) in [5, 5.41) is 8.70. The number of aliphatic hydroxyl groups excluding tert-OH is 1. The summed E-state index contributed by atoms with van der Waals surface area (Å²) in [5.74, 6) is 0. The van der Waals surface area contributed by atoms with Gasteiger partial charge in [-0.3, -0.25) is 0 Å². The second-order valence-corrected chi connectivity index (χ2v) is 8.30. The molecule has 0 aromatic carbocycles. The number of rotatable bonds is 16. The minimum Gasteiger partial charge on any atom is -0.748 e. The van der Waals surface area contributed by atoms with E-state index in [0.717, 1.165) is 12.8 Å². The SMILES string of the molecule is CCCCCCCCCCCCCC(C(O)CCC)S(=O)(=O)[O-].[Na+]. The van der Waals surface area contributed by atoms with Gasteiger partial charge in [-0.2, -0.15) is 0 Å². The van der Waals surface area contributed by atoms with Gasteiger partial charge in [-0.15, -0.1) is 0 Å². The van der Waals surface area contributed by atoms with Crippen molar-refractivity contribution in [3.8, 4) is 0 Å². The largest absolute Gasteiger partial charge is 1.00 e. The molecular formula is C18H37NaO4S. The van der Waals surface area contributed by atoms with Gasteiger partial charge in [0, 0.05) is 0 Å². The standard InChI is InChI=1S/C18H38O4S.Na/c1-3-5-6-7-8-9-10-11-12-13-14-16-18(23(20,21)22)17(19)15-4-2;/h17-19H,3-16H2,1-2H3,(H,20,21,22);/q;+1/p-1. The van der Waals surface area contributed by atoms with E-state index in [4.69, 9.17) is 0 Å². The zero-order chi connectivity index (χ0) is 17.6. The van der Waals surface area contributed by atoms with E-state index < -0.39 is 21.5 Å². The predicted molar refractivity (Wildman–Crippen MR) is 95.5 cm³/mol. The molecule has 0 aliphatic carbocycles. The number of hydrogen-bond donors (Lipinski definition) is 1. The van der Waals surface area contributed by atoms with Crippen molar-refractivity contribution in [2.24, 2.45) is 0 Å². The summed E-state index contributed by atoms with van der Waals surface area (Å²) in [7, 11) is -4.40. The van der Waals surface area contributed by atoms with Gasteiger partial charge in [0.2, 0.25) is 0 Å². The molecule has 0 saturated carbocycles. The first-order valence-electron chi connectivity index (χ1n) is 9.56. The Morgan fingerprint density at radius 2 is 1.17 bits per heavy atom. The van der Waals surface area contributed by atoms with Crippen LogP contribution in [-0.4, -0.2) is 29.4 Å². The van der Waals surface area contributed by atoms with Crippen molar-refractivity contribution in [1.82, 2.24) is 0 Å². The van der Waals surface area contributed by atoms with Gasteiger partial charge in [0.1, 0.15) is 10.1 Å². The molecule has 2 atom stereocenters. The van der Waals surface area contributed by atoms with Crippen LogP contribution in [0.4, 0.5) is 0 Å². The summed E-state index contributed by atoms with van der Waals surface area (Å²) >= 11 is 0. The Balaban J connectivity index is 0. The second kappa shape index (κ2) is 17.3. The molecule has 0 saturated heterocycles. The van der Waals surface area contributed by atoms with Gasteiger partial charge in [-0.25, -0.2) is 8.42 Å². The maximum atomic E-state index is 11.2. The fourth-order valence-electron chi connectivity index (χ4n) is 3.02. The normalized spacial score (nSPS) is 14.2. The average Bonchev–Trinajstić information content (AvgIpc) is 2.47. The van der Waals surface area contributed by atoms with Crippen LogP contribution in [0.3, 0.4) is 0 Å². The molecule has 0 rings (SSSR count). The van der Waals surface area contributed by atoms with Crippen LogP contribution in [0.2, 0.25) is 0 Å². The van der Waals surface area contributed by atoms with E-state index in [0.29, 0.717) is 25.7 Å². The summed E-state index contributed by atoms with van der Waals surface area (Å²) in [5.41, 5.74) is 0. The van der Waals surface area contributed by atoms with E-state index in [2.05, 4.69) is 6.92 Å².